The summed E-state index contributed by atoms with van der Waals surface area (Å²) in [6.45, 7) is 2.89. The van der Waals surface area contributed by atoms with Gasteiger partial charge in [0.05, 0.1) is 6.07 Å². The van der Waals surface area contributed by atoms with Gasteiger partial charge in [-0.25, -0.2) is 0 Å². The highest BCUT2D eigenvalue weighted by molar-refractivity contribution is 4.72. The number of nitriles is 1. The van der Waals surface area contributed by atoms with Gasteiger partial charge in [0.2, 0.25) is 0 Å². The molecule has 0 aliphatic heterocycles. The molecule has 0 amide bonds. The summed E-state index contributed by atoms with van der Waals surface area (Å²) in [6.07, 6.45) is 4.09. The van der Waals surface area contributed by atoms with Gasteiger partial charge in [-0.1, -0.05) is 13.3 Å². The van der Waals surface area contributed by atoms with Gasteiger partial charge in [-0.2, -0.15) is 5.26 Å². The Bertz CT molecular complexity index is 104. The van der Waals surface area contributed by atoms with Gasteiger partial charge in [-0.3, -0.25) is 0 Å². The summed E-state index contributed by atoms with van der Waals surface area (Å²) >= 11 is 0. The van der Waals surface area contributed by atoms with Crippen molar-refractivity contribution in [3.05, 3.63) is 0 Å². The second-order valence-electron chi connectivity index (χ2n) is 2.75. The molecule has 10 heavy (non-hydrogen) atoms. The van der Waals surface area contributed by atoms with E-state index in [1.54, 1.807) is 0 Å². The van der Waals surface area contributed by atoms with Gasteiger partial charge >= 0.3 is 0 Å². The topological polar surface area (TPSA) is 49.8 Å². The monoisotopic (exact) mass is 140 g/mol. The van der Waals surface area contributed by atoms with E-state index in [1.807, 2.05) is 0 Å². The number of hydrogen-bond acceptors (Lipinski definition) is 2. The quantitative estimate of drug-likeness (QED) is 0.590. The van der Waals surface area contributed by atoms with Crippen LogP contribution in [0.1, 0.15) is 32.6 Å². The molecular weight excluding hydrogens is 124 g/mol. The van der Waals surface area contributed by atoms with E-state index in [0.29, 0.717) is 12.3 Å². The minimum Gasteiger partial charge on any atom is -0.330 e. The molecule has 0 heterocycles. The summed E-state index contributed by atoms with van der Waals surface area (Å²) in [5, 5.41) is 8.32. The zero-order valence-electron chi connectivity index (χ0n) is 6.64. The third-order valence-electron chi connectivity index (χ3n) is 1.59. The summed E-state index contributed by atoms with van der Waals surface area (Å²) in [4.78, 5) is 0. The van der Waals surface area contributed by atoms with Gasteiger partial charge in [0.25, 0.3) is 0 Å². The Morgan fingerprint density at radius 3 is 2.70 bits per heavy atom. The summed E-state index contributed by atoms with van der Waals surface area (Å²) < 4.78 is 0. The molecule has 1 atom stereocenters. The molecule has 1 unspecified atom stereocenters. The van der Waals surface area contributed by atoms with Crippen LogP contribution in [0, 0.1) is 17.2 Å². The minimum atomic E-state index is 0.552. The largest absolute Gasteiger partial charge is 0.330 e. The van der Waals surface area contributed by atoms with Crippen LogP contribution in [0.4, 0.5) is 0 Å². The molecule has 0 radical (unpaired) electrons. The van der Waals surface area contributed by atoms with E-state index in [4.69, 9.17) is 11.0 Å². The number of hydrogen-bond donors (Lipinski definition) is 1. The van der Waals surface area contributed by atoms with E-state index >= 15 is 0 Å². The van der Waals surface area contributed by atoms with Gasteiger partial charge in [-0.05, 0) is 25.3 Å². The molecule has 0 aromatic heterocycles. The third kappa shape index (κ3) is 5.58. The Morgan fingerprint density at radius 2 is 2.20 bits per heavy atom. The lowest BCUT2D eigenvalue weighted by molar-refractivity contribution is 0.510. The van der Waals surface area contributed by atoms with Crippen LogP contribution in [-0.2, 0) is 0 Å². The van der Waals surface area contributed by atoms with Crippen molar-refractivity contribution in [3.8, 4) is 6.07 Å². The SMILES string of the molecule is CC(CC#N)CCCCN. The third-order valence-corrected chi connectivity index (χ3v) is 1.59. The van der Waals surface area contributed by atoms with Crippen LogP contribution in [0.5, 0.6) is 0 Å². The smallest absolute Gasteiger partial charge is 0.0624 e. The van der Waals surface area contributed by atoms with Crippen LogP contribution >= 0.6 is 0 Å². The molecule has 2 heteroatoms. The highest BCUT2D eigenvalue weighted by Crippen LogP contribution is 2.09. The van der Waals surface area contributed by atoms with E-state index in [9.17, 15) is 0 Å². The molecule has 0 aromatic rings. The fourth-order valence-corrected chi connectivity index (χ4v) is 0.895. The Morgan fingerprint density at radius 1 is 1.50 bits per heavy atom. The lowest BCUT2D eigenvalue weighted by atomic mass is 10.0. The summed E-state index contributed by atoms with van der Waals surface area (Å²) in [6, 6.07) is 2.16. The number of nitrogens with two attached hydrogens (primary N) is 1. The van der Waals surface area contributed by atoms with Crippen LogP contribution in [0.2, 0.25) is 0 Å². The second kappa shape index (κ2) is 6.57. The average molecular weight is 140 g/mol. The Balaban J connectivity index is 3.06. The first kappa shape index (κ1) is 9.45. The Labute approximate surface area is 63.0 Å². The average Bonchev–Trinajstić information content (AvgIpc) is 1.89. The standard InChI is InChI=1S/C8H16N2/c1-8(5-7-10)4-2-3-6-9/h8H,2-6,9H2,1H3. The zero-order valence-corrected chi connectivity index (χ0v) is 6.64. The van der Waals surface area contributed by atoms with Crippen molar-refractivity contribution in [3.63, 3.8) is 0 Å². The van der Waals surface area contributed by atoms with Gasteiger partial charge < -0.3 is 5.73 Å². The van der Waals surface area contributed by atoms with Crippen molar-refractivity contribution < 1.29 is 0 Å². The normalized spacial score (nSPS) is 12.5. The van der Waals surface area contributed by atoms with Gasteiger partial charge in [0.15, 0.2) is 0 Å². The van der Waals surface area contributed by atoms with Crippen molar-refractivity contribution in [2.24, 2.45) is 11.7 Å². The summed E-state index contributed by atoms with van der Waals surface area (Å²) in [5.74, 6) is 0.552. The van der Waals surface area contributed by atoms with Crippen molar-refractivity contribution in [1.29, 1.82) is 5.26 Å². The molecule has 0 aliphatic carbocycles. The number of nitrogens with zero attached hydrogens (tertiary/aromatic N) is 1. The Kier molecular flexibility index (Phi) is 6.21. The Hall–Kier alpha value is -0.550. The maximum absolute atomic E-state index is 8.32. The van der Waals surface area contributed by atoms with E-state index in [0.717, 1.165) is 19.4 Å². The lowest BCUT2D eigenvalue weighted by Crippen LogP contribution is -2.00. The maximum atomic E-state index is 8.32. The first-order chi connectivity index (χ1) is 4.81. The molecule has 0 saturated carbocycles. The molecular formula is C8H16N2. The predicted octanol–water partition coefficient (Wildman–Crippen LogP) is 1.67. The van der Waals surface area contributed by atoms with E-state index < -0.39 is 0 Å². The van der Waals surface area contributed by atoms with Crippen LogP contribution in [0.3, 0.4) is 0 Å². The molecule has 0 bridgehead atoms. The summed E-state index contributed by atoms with van der Waals surface area (Å²) in [7, 11) is 0. The molecule has 0 aliphatic rings. The molecule has 58 valence electrons. The van der Waals surface area contributed by atoms with Crippen LogP contribution in [-0.4, -0.2) is 6.54 Å². The van der Waals surface area contributed by atoms with Crippen molar-refractivity contribution in [2.75, 3.05) is 6.54 Å². The minimum absolute atomic E-state index is 0.552. The van der Waals surface area contributed by atoms with Gasteiger partial charge in [0.1, 0.15) is 0 Å². The van der Waals surface area contributed by atoms with Crippen molar-refractivity contribution in [2.45, 2.75) is 32.6 Å². The fourth-order valence-electron chi connectivity index (χ4n) is 0.895. The van der Waals surface area contributed by atoms with E-state index in [2.05, 4.69) is 13.0 Å². The summed E-state index contributed by atoms with van der Waals surface area (Å²) in [5.41, 5.74) is 5.32. The predicted molar refractivity (Wildman–Crippen MR) is 42.3 cm³/mol. The number of unbranched alkanes of at least 4 members (excludes halogenated alkanes) is 1. The molecule has 0 saturated heterocycles. The number of rotatable bonds is 5. The van der Waals surface area contributed by atoms with Crippen molar-refractivity contribution >= 4 is 0 Å². The molecule has 0 fully saturated rings. The highest BCUT2D eigenvalue weighted by Gasteiger charge is 1.98. The first-order valence-corrected chi connectivity index (χ1v) is 3.88. The highest BCUT2D eigenvalue weighted by atomic mass is 14.5. The van der Waals surface area contributed by atoms with Gasteiger partial charge in [-0.15, -0.1) is 0 Å². The lowest BCUT2D eigenvalue weighted by Gasteiger charge is -2.04. The van der Waals surface area contributed by atoms with Crippen LogP contribution in [0.25, 0.3) is 0 Å². The molecule has 2 nitrogen and oxygen atoms in total. The molecule has 0 spiro atoms. The van der Waals surface area contributed by atoms with E-state index in [-0.39, 0.29) is 0 Å². The molecule has 0 aromatic carbocycles. The van der Waals surface area contributed by atoms with Gasteiger partial charge in [0, 0.05) is 6.42 Å². The maximum Gasteiger partial charge on any atom is 0.0624 e. The second-order valence-corrected chi connectivity index (χ2v) is 2.75. The first-order valence-electron chi connectivity index (χ1n) is 3.88. The van der Waals surface area contributed by atoms with Crippen LogP contribution in [0.15, 0.2) is 0 Å². The zero-order chi connectivity index (χ0) is 7.82. The van der Waals surface area contributed by atoms with Crippen LogP contribution < -0.4 is 5.73 Å². The molecule has 2 N–H and O–H groups in total. The fraction of sp³-hybridized carbons (Fsp3) is 0.875. The molecule has 0 rings (SSSR count). The van der Waals surface area contributed by atoms with E-state index in [1.165, 1.54) is 6.42 Å². The van der Waals surface area contributed by atoms with Crippen molar-refractivity contribution in [1.82, 2.24) is 0 Å².